The fourth-order valence-electron chi connectivity index (χ4n) is 2.78. The molecule has 0 bridgehead atoms. The average Bonchev–Trinajstić information content (AvgIpc) is 3.01. The predicted molar refractivity (Wildman–Crippen MR) is 66.5 cm³/mol. The predicted octanol–water partition coefficient (Wildman–Crippen LogP) is 1.22. The van der Waals surface area contributed by atoms with Gasteiger partial charge in [-0.25, -0.2) is 0 Å². The highest BCUT2D eigenvalue weighted by molar-refractivity contribution is 4.91. The van der Waals surface area contributed by atoms with Gasteiger partial charge in [0.2, 0.25) is 0 Å². The Balaban J connectivity index is 1.86. The molecule has 1 heterocycles. The molecule has 3 nitrogen and oxygen atoms in total. The van der Waals surface area contributed by atoms with Gasteiger partial charge < -0.3 is 15.3 Å². The first-order chi connectivity index (χ1) is 7.69. The lowest BCUT2D eigenvalue weighted by Gasteiger charge is -2.39. The van der Waals surface area contributed by atoms with E-state index >= 15 is 0 Å². The summed E-state index contributed by atoms with van der Waals surface area (Å²) < 4.78 is 0. The molecule has 0 aromatic heterocycles. The standard InChI is InChI=1S/C13H26N2O/c1-3-6-15-8-11(10(2)16)7-13(9-15)14-12-4-5-12/h10-14,16H,3-9H2,1-2H3. The number of hydrogen-bond acceptors (Lipinski definition) is 3. The highest BCUT2D eigenvalue weighted by Crippen LogP contribution is 2.25. The molecule has 1 aliphatic carbocycles. The van der Waals surface area contributed by atoms with Crippen molar-refractivity contribution < 1.29 is 5.11 Å². The SMILES string of the molecule is CCCN1CC(NC2CC2)CC(C(C)O)C1. The van der Waals surface area contributed by atoms with Crippen LogP contribution < -0.4 is 5.32 Å². The van der Waals surface area contributed by atoms with Crippen molar-refractivity contribution >= 4 is 0 Å². The van der Waals surface area contributed by atoms with Crippen molar-refractivity contribution in [3.63, 3.8) is 0 Å². The molecule has 2 rings (SSSR count). The van der Waals surface area contributed by atoms with Gasteiger partial charge in [-0.3, -0.25) is 0 Å². The smallest absolute Gasteiger partial charge is 0.0553 e. The molecule has 3 unspecified atom stereocenters. The molecular weight excluding hydrogens is 200 g/mol. The van der Waals surface area contributed by atoms with E-state index < -0.39 is 0 Å². The van der Waals surface area contributed by atoms with Gasteiger partial charge >= 0.3 is 0 Å². The summed E-state index contributed by atoms with van der Waals surface area (Å²) in [5.74, 6) is 0.455. The average molecular weight is 226 g/mol. The summed E-state index contributed by atoms with van der Waals surface area (Å²) in [4.78, 5) is 2.51. The molecule has 0 spiro atoms. The molecule has 16 heavy (non-hydrogen) atoms. The molecule has 0 radical (unpaired) electrons. The number of likely N-dealkylation sites (tertiary alicyclic amines) is 1. The normalized spacial score (nSPS) is 33.9. The van der Waals surface area contributed by atoms with Gasteiger partial charge in [0.05, 0.1) is 6.10 Å². The van der Waals surface area contributed by atoms with E-state index in [1.165, 1.54) is 32.4 Å². The van der Waals surface area contributed by atoms with Crippen LogP contribution in [0.2, 0.25) is 0 Å². The maximum absolute atomic E-state index is 9.78. The summed E-state index contributed by atoms with van der Waals surface area (Å²) in [6.45, 7) is 7.59. The fraction of sp³-hybridized carbons (Fsp3) is 1.00. The van der Waals surface area contributed by atoms with E-state index in [-0.39, 0.29) is 6.10 Å². The first kappa shape index (κ1) is 12.3. The van der Waals surface area contributed by atoms with Gasteiger partial charge in [-0.05, 0) is 45.1 Å². The molecule has 2 aliphatic rings. The molecule has 3 heteroatoms. The van der Waals surface area contributed by atoms with Crippen molar-refractivity contribution in [2.75, 3.05) is 19.6 Å². The van der Waals surface area contributed by atoms with Crippen LogP contribution in [0, 0.1) is 5.92 Å². The summed E-state index contributed by atoms with van der Waals surface area (Å²) in [6.07, 6.45) is 4.90. The summed E-state index contributed by atoms with van der Waals surface area (Å²) in [7, 11) is 0. The van der Waals surface area contributed by atoms with Gasteiger partial charge in [-0.1, -0.05) is 6.92 Å². The Morgan fingerprint density at radius 1 is 1.31 bits per heavy atom. The van der Waals surface area contributed by atoms with Gasteiger partial charge in [-0.2, -0.15) is 0 Å². The Morgan fingerprint density at radius 2 is 2.06 bits per heavy atom. The minimum Gasteiger partial charge on any atom is -0.393 e. The van der Waals surface area contributed by atoms with Crippen LogP contribution in [-0.4, -0.2) is 47.8 Å². The van der Waals surface area contributed by atoms with Crippen molar-refractivity contribution in [3.8, 4) is 0 Å². The Kier molecular flexibility index (Phi) is 4.22. The third kappa shape index (κ3) is 3.44. The second kappa shape index (κ2) is 5.48. The molecule has 94 valence electrons. The minimum absolute atomic E-state index is 0.164. The van der Waals surface area contributed by atoms with E-state index in [1.54, 1.807) is 0 Å². The molecule has 2 N–H and O–H groups in total. The van der Waals surface area contributed by atoms with Crippen LogP contribution >= 0.6 is 0 Å². The van der Waals surface area contributed by atoms with Crippen molar-refractivity contribution in [2.45, 2.75) is 57.7 Å². The molecule has 1 aliphatic heterocycles. The van der Waals surface area contributed by atoms with Gasteiger partial charge in [0.15, 0.2) is 0 Å². The maximum atomic E-state index is 9.78. The van der Waals surface area contributed by atoms with Crippen LogP contribution in [0.3, 0.4) is 0 Å². The highest BCUT2D eigenvalue weighted by Gasteiger charge is 2.32. The van der Waals surface area contributed by atoms with Crippen LogP contribution in [0.15, 0.2) is 0 Å². The Morgan fingerprint density at radius 3 is 2.62 bits per heavy atom. The second-order valence-electron chi connectivity index (χ2n) is 5.63. The van der Waals surface area contributed by atoms with Crippen molar-refractivity contribution in [1.29, 1.82) is 0 Å². The molecular formula is C13H26N2O. The van der Waals surface area contributed by atoms with Crippen molar-refractivity contribution in [3.05, 3.63) is 0 Å². The third-order valence-electron chi connectivity index (χ3n) is 3.83. The highest BCUT2D eigenvalue weighted by atomic mass is 16.3. The largest absolute Gasteiger partial charge is 0.393 e. The van der Waals surface area contributed by atoms with E-state index in [0.717, 1.165) is 19.0 Å². The molecule has 3 atom stereocenters. The molecule has 0 aromatic carbocycles. The summed E-state index contributed by atoms with van der Waals surface area (Å²) >= 11 is 0. The van der Waals surface area contributed by atoms with Gasteiger partial charge in [0.1, 0.15) is 0 Å². The van der Waals surface area contributed by atoms with Crippen molar-refractivity contribution in [1.82, 2.24) is 10.2 Å². The van der Waals surface area contributed by atoms with Crippen LogP contribution in [0.4, 0.5) is 0 Å². The lowest BCUT2D eigenvalue weighted by atomic mass is 9.90. The lowest BCUT2D eigenvalue weighted by molar-refractivity contribution is 0.0478. The Labute approximate surface area is 99.2 Å². The van der Waals surface area contributed by atoms with Crippen LogP contribution in [0.25, 0.3) is 0 Å². The Bertz CT molecular complexity index is 216. The zero-order chi connectivity index (χ0) is 11.5. The van der Waals surface area contributed by atoms with Gasteiger partial charge in [0.25, 0.3) is 0 Å². The molecule has 0 amide bonds. The number of nitrogens with one attached hydrogen (secondary N) is 1. The first-order valence-electron chi connectivity index (χ1n) is 6.85. The van der Waals surface area contributed by atoms with E-state index in [2.05, 4.69) is 17.1 Å². The third-order valence-corrected chi connectivity index (χ3v) is 3.83. The van der Waals surface area contributed by atoms with Crippen LogP contribution in [0.5, 0.6) is 0 Å². The number of nitrogens with zero attached hydrogens (tertiary/aromatic N) is 1. The zero-order valence-electron chi connectivity index (χ0n) is 10.7. The van der Waals surface area contributed by atoms with Crippen LogP contribution in [-0.2, 0) is 0 Å². The monoisotopic (exact) mass is 226 g/mol. The van der Waals surface area contributed by atoms with E-state index in [9.17, 15) is 5.11 Å². The lowest BCUT2D eigenvalue weighted by Crippen LogP contribution is -2.52. The fourth-order valence-corrected chi connectivity index (χ4v) is 2.78. The number of piperidine rings is 1. The Hall–Kier alpha value is -0.120. The molecule has 1 saturated carbocycles. The number of hydrogen-bond donors (Lipinski definition) is 2. The maximum Gasteiger partial charge on any atom is 0.0553 e. The molecule has 0 aromatic rings. The number of rotatable bonds is 5. The minimum atomic E-state index is -0.164. The van der Waals surface area contributed by atoms with E-state index in [0.29, 0.717) is 12.0 Å². The second-order valence-corrected chi connectivity index (χ2v) is 5.63. The summed E-state index contributed by atoms with van der Waals surface area (Å²) in [5, 5.41) is 13.5. The quantitative estimate of drug-likeness (QED) is 0.740. The van der Waals surface area contributed by atoms with Crippen molar-refractivity contribution in [2.24, 2.45) is 5.92 Å². The molecule has 1 saturated heterocycles. The number of aliphatic hydroxyl groups excluding tert-OH is 1. The van der Waals surface area contributed by atoms with Gasteiger partial charge in [-0.15, -0.1) is 0 Å². The van der Waals surface area contributed by atoms with Gasteiger partial charge in [0, 0.05) is 25.2 Å². The topological polar surface area (TPSA) is 35.5 Å². The zero-order valence-corrected chi connectivity index (χ0v) is 10.7. The molecule has 2 fully saturated rings. The van der Waals surface area contributed by atoms with Crippen LogP contribution in [0.1, 0.15) is 39.5 Å². The summed E-state index contributed by atoms with van der Waals surface area (Å²) in [6, 6.07) is 1.38. The van der Waals surface area contributed by atoms with E-state index in [4.69, 9.17) is 0 Å². The van der Waals surface area contributed by atoms with E-state index in [1.807, 2.05) is 6.92 Å². The number of aliphatic hydroxyl groups is 1. The first-order valence-corrected chi connectivity index (χ1v) is 6.85. The summed E-state index contributed by atoms with van der Waals surface area (Å²) in [5.41, 5.74) is 0.